The maximum Gasteiger partial charge on any atom is 0.246 e. The van der Waals surface area contributed by atoms with Gasteiger partial charge in [0.15, 0.2) is 0 Å². The van der Waals surface area contributed by atoms with Crippen LogP contribution in [0.3, 0.4) is 0 Å². The van der Waals surface area contributed by atoms with E-state index in [0.717, 1.165) is 13.0 Å². The molecular formula is C10H12N2O. The summed E-state index contributed by atoms with van der Waals surface area (Å²) in [5.41, 5.74) is 0.708. The van der Waals surface area contributed by atoms with Crippen molar-refractivity contribution in [3.05, 3.63) is 42.7 Å². The number of aromatic nitrogens is 1. The average Bonchev–Trinajstić information content (AvgIpc) is 2.55. The molecule has 1 aliphatic rings. The predicted octanol–water partition coefficient (Wildman–Crippen LogP) is 1.14. The van der Waals surface area contributed by atoms with Crippen LogP contribution in [0.5, 0.6) is 0 Å². The average molecular weight is 176 g/mol. The first-order chi connectivity index (χ1) is 6.30. The van der Waals surface area contributed by atoms with Crippen molar-refractivity contribution < 1.29 is 4.79 Å². The van der Waals surface area contributed by atoms with Gasteiger partial charge in [0, 0.05) is 24.5 Å². The van der Waals surface area contributed by atoms with E-state index in [1.165, 1.54) is 0 Å². The maximum atomic E-state index is 10.4. The van der Waals surface area contributed by atoms with Crippen molar-refractivity contribution in [2.75, 3.05) is 6.54 Å². The van der Waals surface area contributed by atoms with Gasteiger partial charge in [0.25, 0.3) is 0 Å². The van der Waals surface area contributed by atoms with Crippen LogP contribution in [0.1, 0.15) is 6.42 Å². The molecule has 1 aromatic heterocycles. The number of hydrogen-bond donors (Lipinski definition) is 1. The third-order valence-corrected chi connectivity index (χ3v) is 1.60. The van der Waals surface area contributed by atoms with Crippen LogP contribution in [0.25, 0.3) is 0 Å². The number of nitrogens with zero attached hydrogens (tertiary/aromatic N) is 1. The highest BCUT2D eigenvalue weighted by Gasteiger charge is 2.11. The minimum Gasteiger partial charge on any atom is -0.352 e. The van der Waals surface area contributed by atoms with E-state index in [-0.39, 0.29) is 5.91 Å². The molecule has 1 fully saturated rings. The normalized spacial score (nSPS) is 14.5. The highest BCUT2D eigenvalue weighted by molar-refractivity contribution is 5.94. The van der Waals surface area contributed by atoms with Gasteiger partial charge in [-0.15, -0.1) is 0 Å². The number of rotatable bonds is 0. The van der Waals surface area contributed by atoms with Crippen LogP contribution in [0.15, 0.2) is 42.7 Å². The third kappa shape index (κ3) is 3.51. The molecule has 2 rings (SSSR count). The molecule has 68 valence electrons. The maximum absolute atomic E-state index is 10.4. The summed E-state index contributed by atoms with van der Waals surface area (Å²) < 4.78 is 0. The molecule has 1 N–H and O–H groups in total. The van der Waals surface area contributed by atoms with Crippen molar-refractivity contribution in [3.8, 4) is 0 Å². The molecule has 1 saturated heterocycles. The zero-order chi connectivity index (χ0) is 9.52. The van der Waals surface area contributed by atoms with E-state index < -0.39 is 0 Å². The topological polar surface area (TPSA) is 42.0 Å². The lowest BCUT2D eigenvalue weighted by molar-refractivity contribution is -0.116. The summed E-state index contributed by atoms with van der Waals surface area (Å²) in [4.78, 5) is 14.1. The molecule has 0 atom stereocenters. The van der Waals surface area contributed by atoms with E-state index in [9.17, 15) is 4.79 Å². The zero-order valence-corrected chi connectivity index (χ0v) is 7.36. The molecule has 0 radical (unpaired) electrons. The Morgan fingerprint density at radius 2 is 2.00 bits per heavy atom. The van der Waals surface area contributed by atoms with Gasteiger partial charge in [-0.2, -0.15) is 0 Å². The molecule has 1 aromatic rings. The molecule has 2 heterocycles. The third-order valence-electron chi connectivity index (χ3n) is 1.60. The Labute approximate surface area is 77.5 Å². The Morgan fingerprint density at radius 1 is 1.31 bits per heavy atom. The molecule has 13 heavy (non-hydrogen) atoms. The van der Waals surface area contributed by atoms with E-state index in [1.807, 2.05) is 18.2 Å². The van der Waals surface area contributed by atoms with Gasteiger partial charge >= 0.3 is 0 Å². The van der Waals surface area contributed by atoms with Crippen molar-refractivity contribution in [3.63, 3.8) is 0 Å². The molecule has 0 aromatic carbocycles. The lowest BCUT2D eigenvalue weighted by atomic mass is 10.3. The highest BCUT2D eigenvalue weighted by atomic mass is 16.1. The lowest BCUT2D eigenvalue weighted by Gasteiger charge is -1.82. The Balaban J connectivity index is 0.000000132. The summed E-state index contributed by atoms with van der Waals surface area (Å²) in [6.45, 7) is 4.30. The van der Waals surface area contributed by atoms with Gasteiger partial charge in [-0.3, -0.25) is 9.78 Å². The monoisotopic (exact) mass is 176 g/mol. The SMILES string of the molecule is C=C1CCNC1=O.c1ccncc1. The summed E-state index contributed by atoms with van der Waals surface area (Å²) in [5.74, 6) is 0.0139. The second-order valence-electron chi connectivity index (χ2n) is 2.63. The van der Waals surface area contributed by atoms with Gasteiger partial charge < -0.3 is 5.32 Å². The van der Waals surface area contributed by atoms with Gasteiger partial charge in [0.2, 0.25) is 5.91 Å². The Morgan fingerprint density at radius 3 is 2.15 bits per heavy atom. The number of nitrogens with one attached hydrogen (secondary N) is 1. The summed E-state index contributed by atoms with van der Waals surface area (Å²) in [5, 5.41) is 2.63. The summed E-state index contributed by atoms with van der Waals surface area (Å²) in [6, 6.07) is 5.72. The molecule has 0 unspecified atom stereocenters. The second kappa shape index (κ2) is 5.09. The summed E-state index contributed by atoms with van der Waals surface area (Å²) >= 11 is 0. The molecule has 1 aliphatic heterocycles. The van der Waals surface area contributed by atoms with Crippen LogP contribution >= 0.6 is 0 Å². The molecule has 3 nitrogen and oxygen atoms in total. The van der Waals surface area contributed by atoms with Gasteiger partial charge in [-0.25, -0.2) is 0 Å². The first kappa shape index (κ1) is 9.45. The molecule has 1 amide bonds. The van der Waals surface area contributed by atoms with E-state index >= 15 is 0 Å². The fraction of sp³-hybridized carbons (Fsp3) is 0.200. The van der Waals surface area contributed by atoms with Crippen molar-refractivity contribution in [1.29, 1.82) is 0 Å². The van der Waals surface area contributed by atoms with Crippen LogP contribution in [0.2, 0.25) is 0 Å². The van der Waals surface area contributed by atoms with E-state index in [0.29, 0.717) is 5.57 Å². The van der Waals surface area contributed by atoms with Gasteiger partial charge in [-0.1, -0.05) is 12.6 Å². The number of carbonyl (C=O) groups is 1. The summed E-state index contributed by atoms with van der Waals surface area (Å²) in [7, 11) is 0. The smallest absolute Gasteiger partial charge is 0.246 e. The fourth-order valence-electron chi connectivity index (χ4n) is 0.878. The van der Waals surface area contributed by atoms with Crippen molar-refractivity contribution >= 4 is 5.91 Å². The van der Waals surface area contributed by atoms with Crippen LogP contribution in [0, 0.1) is 0 Å². The Kier molecular flexibility index (Phi) is 3.70. The molecule has 0 bridgehead atoms. The van der Waals surface area contributed by atoms with Crippen LogP contribution in [-0.4, -0.2) is 17.4 Å². The van der Waals surface area contributed by atoms with Gasteiger partial charge in [-0.05, 0) is 18.6 Å². The Hall–Kier alpha value is -1.64. The largest absolute Gasteiger partial charge is 0.352 e. The van der Waals surface area contributed by atoms with Gasteiger partial charge in [0.1, 0.15) is 0 Å². The van der Waals surface area contributed by atoms with E-state index in [2.05, 4.69) is 16.9 Å². The molecule has 0 saturated carbocycles. The molecular weight excluding hydrogens is 164 g/mol. The number of hydrogen-bond acceptors (Lipinski definition) is 2. The molecule has 0 aliphatic carbocycles. The zero-order valence-electron chi connectivity index (χ0n) is 7.36. The Bertz CT molecular complexity index is 242. The standard InChI is InChI=1S/C5H7NO.C5H5N/c1-4-2-3-6-5(4)7;1-2-4-6-5-3-1/h1-3H2,(H,6,7);1-5H. The van der Waals surface area contributed by atoms with Crippen molar-refractivity contribution in [1.82, 2.24) is 10.3 Å². The molecule has 3 heteroatoms. The van der Waals surface area contributed by atoms with Crippen LogP contribution in [-0.2, 0) is 4.79 Å². The first-order valence-corrected chi connectivity index (χ1v) is 4.11. The lowest BCUT2D eigenvalue weighted by Crippen LogP contribution is -2.13. The van der Waals surface area contributed by atoms with E-state index in [1.54, 1.807) is 12.4 Å². The van der Waals surface area contributed by atoms with Crippen molar-refractivity contribution in [2.45, 2.75) is 6.42 Å². The molecule has 0 spiro atoms. The summed E-state index contributed by atoms with van der Waals surface area (Å²) in [6.07, 6.45) is 4.32. The van der Waals surface area contributed by atoms with E-state index in [4.69, 9.17) is 0 Å². The fourth-order valence-corrected chi connectivity index (χ4v) is 0.878. The quantitative estimate of drug-likeness (QED) is 0.602. The van der Waals surface area contributed by atoms with Crippen LogP contribution in [0.4, 0.5) is 0 Å². The second-order valence-corrected chi connectivity index (χ2v) is 2.63. The van der Waals surface area contributed by atoms with Gasteiger partial charge in [0.05, 0.1) is 0 Å². The highest BCUT2D eigenvalue weighted by Crippen LogP contribution is 2.01. The number of pyridine rings is 1. The first-order valence-electron chi connectivity index (χ1n) is 4.11. The minimum absolute atomic E-state index is 0.0139. The number of amides is 1. The minimum atomic E-state index is 0.0139. The number of carbonyl (C=O) groups excluding carboxylic acids is 1. The van der Waals surface area contributed by atoms with Crippen LogP contribution < -0.4 is 5.32 Å². The predicted molar refractivity (Wildman–Crippen MR) is 51.0 cm³/mol. The van der Waals surface area contributed by atoms with Crippen molar-refractivity contribution in [2.24, 2.45) is 0 Å².